The quantitative estimate of drug-likeness (QED) is 0.0179. The van der Waals surface area contributed by atoms with E-state index in [0.717, 1.165) is 70.8 Å². The van der Waals surface area contributed by atoms with Gasteiger partial charge in [-0.25, -0.2) is 27.8 Å². The minimum absolute atomic E-state index is 0. The van der Waals surface area contributed by atoms with E-state index in [1.807, 2.05) is 189 Å². The van der Waals surface area contributed by atoms with E-state index in [2.05, 4.69) is 71.1 Å². The van der Waals surface area contributed by atoms with Crippen LogP contribution in [0.15, 0.2) is 296 Å². The molecule has 0 bridgehead atoms. The van der Waals surface area contributed by atoms with E-state index in [1.54, 1.807) is 174 Å². The number of ether oxygens (including phenoxy) is 8. The average molecular weight is 2310 g/mol. The zero-order chi connectivity index (χ0) is 108. The Kier molecular flexibility index (Phi) is 42.8. The first-order valence-corrected chi connectivity index (χ1v) is 52.6. The Bertz CT molecular complexity index is 7550. The number of fused-ring (bicyclic) bond motifs is 4. The zero-order valence-corrected chi connectivity index (χ0v) is 92.5. The number of carbonyl (C=O) groups is 3. The van der Waals surface area contributed by atoms with Crippen molar-refractivity contribution in [2.45, 2.75) is 136 Å². The van der Waals surface area contributed by atoms with Crippen LogP contribution in [-0.2, 0) is 58.7 Å². The summed E-state index contributed by atoms with van der Waals surface area (Å²) in [4.78, 5) is 48.2. The lowest BCUT2D eigenvalue weighted by Gasteiger charge is -2.27. The summed E-state index contributed by atoms with van der Waals surface area (Å²) in [7, 11) is -3.26. The normalized spacial score (nSPS) is 13.8. The Hall–Kier alpha value is -13.4. The van der Waals surface area contributed by atoms with E-state index in [0.29, 0.717) is 138 Å². The number of carbonyl (C=O) groups excluding carboxylic acids is 3. The number of halogens is 7. The molecule has 17 aromatic rings. The molecule has 0 spiro atoms. The number of aromatic amines is 1. The maximum Gasteiger partial charge on any atom is 0.341 e. The van der Waals surface area contributed by atoms with Crippen molar-refractivity contribution in [2.75, 3.05) is 34.4 Å². The lowest BCUT2D eigenvalue weighted by molar-refractivity contribution is -0.378. The number of amides is 2. The lowest BCUT2D eigenvalue weighted by atomic mass is 10.0. The molecule has 0 unspecified atom stereocenters. The van der Waals surface area contributed by atoms with Crippen LogP contribution >= 0.6 is 92.2 Å². The second kappa shape index (κ2) is 54.9. The standard InChI is InChI=1S/C22H23ClIN3O3.C22H24ClN3O3.C16H13ClN2O3.2C12H10ClNO.C9H13NO3S.C9H12O3S.C7H5ClN2O.H3N/c1-13(15-4-6-18(29-3)7-5-15)26-11-16(8-21(26)28)14(2)30-20-9-17(23)12-27-22(20)19(24)10-25-27;1-14(16-4-6-19(28-3)7-5-16)25-12-17(10-22(25)27)15(2)29-21-11-18(23)13-26-20(21)8-9-24-26;1-21-16(20)13-8-18-19-9-12(17)7-14(15(13)19)22-10-11-5-3-2-4-6-11;2*13-11-6-12(8-14-7-11)15-9-10-4-2-1-3-5-10;1-6-4-7(2)9(8(3)5-6)14(11,12)13-10;1-6-4-7(2)9(8(3)5-6)13(10,11)12;8-5-3-7(11)6-1-2-9-10(6)4-5;/h4-7,9-10,12-14,16H,8,11H2,1-3H3;4-9,11,13-15,17H,10,12H2,1-3H3;2-9H,10H2,1H3;2*1-8H,9H2;4-5H,10H2,1-3H3;4-5H,1-3H3,(H,10,11,12);1-4,11H;1H3/p+1/t13-,14-,16-;14-,15-,17-;;;;;;;/m11......./s1. The summed E-state index contributed by atoms with van der Waals surface area (Å²) in [5, 5.41) is 29.1. The highest BCUT2D eigenvalue weighted by Gasteiger charge is 2.39. The van der Waals surface area contributed by atoms with Crippen molar-refractivity contribution in [3.05, 3.63) is 387 Å². The van der Waals surface area contributed by atoms with Crippen molar-refractivity contribution >= 4 is 152 Å². The smallest absolute Gasteiger partial charge is 0.341 e. The first kappa shape index (κ1) is 117. The van der Waals surface area contributed by atoms with Crippen molar-refractivity contribution in [1.82, 2.24) is 59.4 Å². The molecular weight excluding hydrogens is 2200 g/mol. The van der Waals surface area contributed by atoms with Gasteiger partial charge in [0.1, 0.15) is 110 Å². The molecule has 2 aliphatic rings. The number of methoxy groups -OCH3 is 3. The minimum atomic E-state index is -4.08. The molecule has 2 amide bonds. The van der Waals surface area contributed by atoms with Gasteiger partial charge in [-0.15, -0.1) is 0 Å². The van der Waals surface area contributed by atoms with Gasteiger partial charge >= 0.3 is 16.1 Å². The van der Waals surface area contributed by atoms with Crippen molar-refractivity contribution in [1.29, 1.82) is 0 Å². The third-order valence-corrected chi connectivity index (χ3v) is 28.4. The number of nitrogens with one attached hydrogen (secondary N) is 1. The average Bonchev–Trinajstić information content (AvgIpc) is 1.66. The molecule has 0 aliphatic carbocycles. The molecule has 7 aromatic carbocycles. The number of nitrogens with zero attached hydrogens (tertiary/aromatic N) is 11. The third-order valence-electron chi connectivity index (χ3n) is 23.8. The van der Waals surface area contributed by atoms with Crippen LogP contribution in [0.5, 0.6) is 46.0 Å². The number of likely N-dealkylation sites (tertiary alicyclic amines) is 2. The van der Waals surface area contributed by atoms with Crippen LogP contribution in [0.4, 0.5) is 0 Å². The van der Waals surface area contributed by atoms with Gasteiger partial charge in [0.25, 0.3) is 10.1 Å². The Labute approximate surface area is 913 Å². The van der Waals surface area contributed by atoms with Crippen LogP contribution in [0.25, 0.3) is 22.1 Å². The number of aromatic nitrogens is 10. The fraction of sp³-hybridized carbons (Fsp3) is 0.239. The monoisotopic (exact) mass is 2310 g/mol. The molecule has 0 saturated carbocycles. The van der Waals surface area contributed by atoms with Gasteiger partial charge in [-0.3, -0.25) is 19.1 Å². The maximum absolute atomic E-state index is 12.8. The second-order valence-electron chi connectivity index (χ2n) is 34.7. The molecular formula is C109H114Cl6IN14O18S2+. The number of nitrogens with two attached hydrogens (primary N) is 1. The molecule has 2 fully saturated rings. The minimum Gasteiger partial charge on any atom is -0.506 e. The van der Waals surface area contributed by atoms with Crippen LogP contribution in [0.2, 0.25) is 30.1 Å². The topological polar surface area (TPSA) is 407 Å². The van der Waals surface area contributed by atoms with Crippen LogP contribution in [0.3, 0.4) is 0 Å². The van der Waals surface area contributed by atoms with Gasteiger partial charge in [-0.05, 0) is 178 Å². The molecule has 32 nitrogen and oxygen atoms in total. The van der Waals surface area contributed by atoms with Crippen molar-refractivity contribution < 1.29 is 88.0 Å². The van der Waals surface area contributed by atoms with E-state index >= 15 is 0 Å². The van der Waals surface area contributed by atoms with Crippen molar-refractivity contribution in [3.63, 3.8) is 0 Å². The summed E-state index contributed by atoms with van der Waals surface area (Å²) in [6.07, 6.45) is 20.6. The Morgan fingerprint density at radius 2 is 0.887 bits per heavy atom. The summed E-state index contributed by atoms with van der Waals surface area (Å²) in [6.45, 7) is 21.4. The van der Waals surface area contributed by atoms with E-state index in [4.69, 9.17) is 118 Å². The molecule has 10 aromatic heterocycles. The molecule has 41 heteroatoms. The molecule has 150 heavy (non-hydrogen) atoms. The number of hydrogen-bond acceptors (Lipinski definition) is 24. The second-order valence-corrected chi connectivity index (χ2v) is 41.3. The first-order chi connectivity index (χ1) is 71.2. The summed E-state index contributed by atoms with van der Waals surface area (Å²) < 4.78 is 110. The number of H-pyrrole nitrogens is 1. The summed E-state index contributed by atoms with van der Waals surface area (Å²) in [5.74, 6) is 9.78. The largest absolute Gasteiger partial charge is 0.506 e. The predicted octanol–water partition coefficient (Wildman–Crippen LogP) is 23.7. The van der Waals surface area contributed by atoms with Gasteiger partial charge in [0.2, 0.25) is 18.0 Å². The molecule has 12 heterocycles. The molecule has 0 radical (unpaired) electrons. The van der Waals surface area contributed by atoms with E-state index < -0.39 is 26.2 Å². The summed E-state index contributed by atoms with van der Waals surface area (Å²) >= 11 is 38.0. The van der Waals surface area contributed by atoms with Crippen LogP contribution in [0.1, 0.15) is 124 Å². The first-order valence-electron chi connectivity index (χ1n) is 46.4. The molecule has 788 valence electrons. The van der Waals surface area contributed by atoms with Crippen molar-refractivity contribution in [3.8, 4) is 46.0 Å². The fourth-order valence-electron chi connectivity index (χ4n) is 16.6. The SMILES string of the molecule is COC(=O)c1cnn2cc(Cl)cc(OCc3ccccc3)c12.COc1ccc([C@@H](C)N2C[C@H]([C@@H](C)Oc3cc(Cl)cn4ncc(I)c34)CC2=O)cc1.COc1ccc([C@@H](C)N2C[C@H]([C@@H](C)Oc3cc(Cl)cn4nccc34)CC2=O)cc1.Cc1cc(C)c(S(=O)(=O)O)c(C)c1.Cc1cc(C)c(S(=O)(=O)ON)c(C)c1.Clc1c[nH+]cc(OCc2ccccc2)c1.Clc1cncc(OCc2ccccc2)c1.N.Oc1cc(Cl)cn2nccc12. The zero-order valence-electron chi connectivity index (χ0n) is 84.1. The highest BCUT2D eigenvalue weighted by molar-refractivity contribution is 14.1. The number of rotatable bonds is 25. The third kappa shape index (κ3) is 32.3. The van der Waals surface area contributed by atoms with Crippen molar-refractivity contribution in [2.24, 2.45) is 17.7 Å². The fourth-order valence-corrected chi connectivity index (χ4v) is 20.2. The van der Waals surface area contributed by atoms with E-state index in [1.165, 1.54) is 28.4 Å². The van der Waals surface area contributed by atoms with Gasteiger partial charge in [0.05, 0.1) is 98.0 Å². The number of aryl methyl sites for hydroxylation is 6. The molecule has 8 N–H and O–H groups in total. The van der Waals surface area contributed by atoms with Gasteiger partial charge in [0.15, 0.2) is 11.9 Å². The Balaban J connectivity index is 0.000000166. The van der Waals surface area contributed by atoms with Gasteiger partial charge in [0, 0.05) is 105 Å². The highest BCUT2D eigenvalue weighted by atomic mass is 127. The maximum atomic E-state index is 12.8. The lowest BCUT2D eigenvalue weighted by Crippen LogP contribution is -2.31. The predicted molar refractivity (Wildman–Crippen MR) is 587 cm³/mol. The van der Waals surface area contributed by atoms with Gasteiger partial charge in [-0.2, -0.15) is 47.4 Å². The summed E-state index contributed by atoms with van der Waals surface area (Å²) in [6, 6.07) is 66.3. The van der Waals surface area contributed by atoms with E-state index in [9.17, 15) is 36.3 Å². The molecule has 2 aliphatic heterocycles. The Morgan fingerprint density at radius 1 is 0.467 bits per heavy atom. The summed E-state index contributed by atoms with van der Waals surface area (Å²) in [5.41, 5.74) is 13.2. The molecule has 6 atom stereocenters. The van der Waals surface area contributed by atoms with Crippen LogP contribution in [0, 0.1) is 56.9 Å². The van der Waals surface area contributed by atoms with Crippen LogP contribution in [-0.4, -0.2) is 144 Å². The van der Waals surface area contributed by atoms with E-state index in [-0.39, 0.29) is 69.6 Å². The number of hydrogen-bond donors (Lipinski definition) is 4. The Morgan fingerprint density at radius 3 is 1.35 bits per heavy atom. The van der Waals surface area contributed by atoms with Gasteiger partial charge < -0.3 is 59.0 Å². The number of benzene rings is 7. The molecule has 2 saturated heterocycles. The van der Waals surface area contributed by atoms with Crippen LogP contribution < -0.4 is 50.2 Å². The number of esters is 1. The highest BCUT2D eigenvalue weighted by Crippen LogP contribution is 2.39. The van der Waals surface area contributed by atoms with Gasteiger partial charge in [-0.1, -0.05) is 220 Å². The number of pyridine rings is 6. The number of aromatic hydroxyl groups is 1. The molecule has 19 rings (SSSR count).